The van der Waals surface area contributed by atoms with Gasteiger partial charge in [0.15, 0.2) is 0 Å². The normalized spacial score (nSPS) is 11.9. The molecular formula is C22H28ClNO4. The van der Waals surface area contributed by atoms with Crippen molar-refractivity contribution in [3.8, 4) is 0 Å². The molecule has 0 spiro atoms. The van der Waals surface area contributed by atoms with Crippen LogP contribution >= 0.6 is 11.6 Å². The molecular weight excluding hydrogens is 378 g/mol. The Balaban J connectivity index is 2.35. The Morgan fingerprint density at radius 3 is 2.29 bits per heavy atom. The number of esters is 1. The smallest absolute Gasteiger partial charge is 0.316 e. The molecule has 0 aliphatic rings. The first kappa shape index (κ1) is 22.0. The van der Waals surface area contributed by atoms with Gasteiger partial charge in [-0.25, -0.2) is 0 Å². The van der Waals surface area contributed by atoms with Crippen LogP contribution in [0.15, 0.2) is 34.7 Å². The van der Waals surface area contributed by atoms with Crippen LogP contribution in [0.25, 0.3) is 0 Å². The summed E-state index contributed by atoms with van der Waals surface area (Å²) in [6, 6.07) is 9.61. The van der Waals surface area contributed by atoms with E-state index in [4.69, 9.17) is 20.8 Å². The molecule has 5 nitrogen and oxygen atoms in total. The van der Waals surface area contributed by atoms with E-state index in [1.807, 2.05) is 18.2 Å². The van der Waals surface area contributed by atoms with Crippen molar-refractivity contribution in [2.75, 3.05) is 17.4 Å². The predicted molar refractivity (Wildman–Crippen MR) is 111 cm³/mol. The van der Waals surface area contributed by atoms with Crippen LogP contribution in [0, 0.1) is 0 Å². The van der Waals surface area contributed by atoms with Gasteiger partial charge in [0.05, 0.1) is 18.8 Å². The topological polar surface area (TPSA) is 59.8 Å². The van der Waals surface area contributed by atoms with E-state index < -0.39 is 5.92 Å². The van der Waals surface area contributed by atoms with Gasteiger partial charge in [0.2, 0.25) is 5.91 Å². The van der Waals surface area contributed by atoms with E-state index in [-0.39, 0.29) is 24.3 Å². The highest BCUT2D eigenvalue weighted by Crippen LogP contribution is 2.30. The molecule has 2 rings (SSSR count). The SMILES string of the molecule is CCOC(=O)C(C)c1ccc(CN(C(=O)CCl)c2c(CC)cccc2CC)o1. The Morgan fingerprint density at radius 1 is 1.11 bits per heavy atom. The number of anilines is 1. The van der Waals surface area contributed by atoms with Crippen molar-refractivity contribution in [1.29, 1.82) is 0 Å². The van der Waals surface area contributed by atoms with E-state index in [0.29, 0.717) is 18.1 Å². The molecule has 1 atom stereocenters. The van der Waals surface area contributed by atoms with Crippen LogP contribution in [0.1, 0.15) is 56.3 Å². The summed E-state index contributed by atoms with van der Waals surface area (Å²) in [7, 11) is 0. The molecule has 0 aliphatic heterocycles. The first-order valence-electron chi connectivity index (χ1n) is 9.68. The third-order valence-electron chi connectivity index (χ3n) is 4.71. The number of furan rings is 1. The van der Waals surface area contributed by atoms with Gasteiger partial charge in [-0.2, -0.15) is 0 Å². The lowest BCUT2D eigenvalue weighted by molar-refractivity contribution is -0.144. The maximum Gasteiger partial charge on any atom is 0.316 e. The van der Waals surface area contributed by atoms with Crippen molar-refractivity contribution >= 4 is 29.2 Å². The summed E-state index contributed by atoms with van der Waals surface area (Å²) in [5.41, 5.74) is 3.07. The molecule has 0 bridgehead atoms. The van der Waals surface area contributed by atoms with E-state index >= 15 is 0 Å². The monoisotopic (exact) mass is 405 g/mol. The number of aryl methyl sites for hydroxylation is 2. The minimum Gasteiger partial charge on any atom is -0.465 e. The van der Waals surface area contributed by atoms with Gasteiger partial charge in [0.25, 0.3) is 0 Å². The molecule has 2 aromatic rings. The molecule has 28 heavy (non-hydrogen) atoms. The molecule has 0 saturated heterocycles. The van der Waals surface area contributed by atoms with Gasteiger partial charge >= 0.3 is 5.97 Å². The minimum absolute atomic E-state index is 0.117. The molecule has 1 unspecified atom stereocenters. The molecule has 0 radical (unpaired) electrons. The fourth-order valence-corrected chi connectivity index (χ4v) is 3.32. The Bertz CT molecular complexity index is 792. The number of ether oxygens (including phenoxy) is 1. The maximum atomic E-state index is 12.7. The van der Waals surface area contributed by atoms with Crippen molar-refractivity contribution in [2.24, 2.45) is 0 Å². The fraction of sp³-hybridized carbons (Fsp3) is 0.455. The Morgan fingerprint density at radius 2 is 1.75 bits per heavy atom. The van der Waals surface area contributed by atoms with Gasteiger partial charge in [-0.15, -0.1) is 11.6 Å². The highest BCUT2D eigenvalue weighted by Gasteiger charge is 2.24. The van der Waals surface area contributed by atoms with Gasteiger partial charge in [-0.1, -0.05) is 32.0 Å². The summed E-state index contributed by atoms with van der Waals surface area (Å²) < 4.78 is 10.9. The quantitative estimate of drug-likeness (QED) is 0.442. The molecule has 0 saturated carbocycles. The second-order valence-corrected chi connectivity index (χ2v) is 6.79. The van der Waals surface area contributed by atoms with Crippen LogP contribution in [0.5, 0.6) is 0 Å². The number of carbonyl (C=O) groups is 2. The molecule has 1 amide bonds. The van der Waals surface area contributed by atoms with Gasteiger partial charge in [0, 0.05) is 0 Å². The lowest BCUT2D eigenvalue weighted by Gasteiger charge is -2.26. The second kappa shape index (κ2) is 10.3. The highest BCUT2D eigenvalue weighted by atomic mass is 35.5. The summed E-state index contributed by atoms with van der Waals surface area (Å²) in [6.07, 6.45) is 1.61. The van der Waals surface area contributed by atoms with Crippen molar-refractivity contribution in [1.82, 2.24) is 0 Å². The molecule has 0 N–H and O–H groups in total. The molecule has 1 aromatic carbocycles. The highest BCUT2D eigenvalue weighted by molar-refractivity contribution is 6.29. The average molecular weight is 406 g/mol. The Kier molecular flexibility index (Phi) is 8.12. The molecule has 6 heteroatoms. The van der Waals surface area contributed by atoms with E-state index in [9.17, 15) is 9.59 Å². The number of rotatable bonds is 9. The first-order valence-corrected chi connectivity index (χ1v) is 10.2. The van der Waals surface area contributed by atoms with E-state index in [1.54, 1.807) is 30.9 Å². The van der Waals surface area contributed by atoms with Crippen molar-refractivity contribution < 1.29 is 18.7 Å². The van der Waals surface area contributed by atoms with E-state index in [0.717, 1.165) is 29.7 Å². The Labute approximate surface area is 171 Å². The lowest BCUT2D eigenvalue weighted by Crippen LogP contribution is -2.33. The van der Waals surface area contributed by atoms with Crippen LogP contribution in [0.2, 0.25) is 0 Å². The zero-order valence-corrected chi connectivity index (χ0v) is 17.7. The van der Waals surface area contributed by atoms with E-state index in [2.05, 4.69) is 13.8 Å². The second-order valence-electron chi connectivity index (χ2n) is 6.52. The first-order chi connectivity index (χ1) is 13.5. The number of hydrogen-bond donors (Lipinski definition) is 0. The molecule has 1 aromatic heterocycles. The Hall–Kier alpha value is -2.27. The van der Waals surface area contributed by atoms with Crippen LogP contribution < -0.4 is 4.90 Å². The predicted octanol–water partition coefficient (Wildman–Crippen LogP) is 4.84. The number of carbonyl (C=O) groups excluding carboxylic acids is 2. The van der Waals surface area contributed by atoms with E-state index in [1.165, 1.54) is 0 Å². The van der Waals surface area contributed by atoms with Gasteiger partial charge < -0.3 is 14.1 Å². The molecule has 0 aliphatic carbocycles. The van der Waals surface area contributed by atoms with Crippen molar-refractivity contribution in [3.63, 3.8) is 0 Å². The van der Waals surface area contributed by atoms with Gasteiger partial charge in [0.1, 0.15) is 23.3 Å². The van der Waals surface area contributed by atoms with Crippen LogP contribution in [0.4, 0.5) is 5.69 Å². The number of para-hydroxylation sites is 1. The number of benzene rings is 1. The molecule has 152 valence electrons. The maximum absolute atomic E-state index is 12.7. The van der Waals surface area contributed by atoms with Crippen LogP contribution in [0.3, 0.4) is 0 Å². The van der Waals surface area contributed by atoms with Crippen molar-refractivity contribution in [2.45, 2.75) is 53.0 Å². The zero-order chi connectivity index (χ0) is 20.7. The fourth-order valence-electron chi connectivity index (χ4n) is 3.18. The third-order valence-corrected chi connectivity index (χ3v) is 4.94. The zero-order valence-electron chi connectivity index (χ0n) is 17.0. The average Bonchev–Trinajstić information content (AvgIpc) is 3.19. The van der Waals surface area contributed by atoms with Crippen molar-refractivity contribution in [3.05, 3.63) is 53.0 Å². The number of amides is 1. The molecule has 0 fully saturated rings. The standard InChI is InChI=1S/C22H28ClNO4/c1-5-16-9-8-10-17(6-2)21(16)24(20(25)13-23)14-18-11-12-19(28-18)15(4)22(26)27-7-3/h8-12,15H,5-7,13-14H2,1-4H3. The van der Waals surface area contributed by atoms with Gasteiger partial charge in [-0.3, -0.25) is 9.59 Å². The minimum atomic E-state index is -0.500. The summed E-state index contributed by atoms with van der Waals surface area (Å²) in [6.45, 7) is 8.21. The number of halogens is 1. The number of alkyl halides is 1. The largest absolute Gasteiger partial charge is 0.465 e. The van der Waals surface area contributed by atoms with Crippen LogP contribution in [-0.4, -0.2) is 24.4 Å². The summed E-state index contributed by atoms with van der Waals surface area (Å²) in [5.74, 6) is -0.0206. The summed E-state index contributed by atoms with van der Waals surface area (Å²) >= 11 is 5.90. The summed E-state index contributed by atoms with van der Waals surface area (Å²) in [4.78, 5) is 26.3. The summed E-state index contributed by atoms with van der Waals surface area (Å²) in [5, 5.41) is 0. The number of nitrogens with zero attached hydrogens (tertiary/aromatic N) is 1. The lowest BCUT2D eigenvalue weighted by atomic mass is 10.0. The van der Waals surface area contributed by atoms with Crippen LogP contribution in [-0.2, 0) is 33.7 Å². The molecule has 1 heterocycles. The van der Waals surface area contributed by atoms with Gasteiger partial charge in [-0.05, 0) is 49.9 Å². The number of hydrogen-bond acceptors (Lipinski definition) is 4. The third kappa shape index (κ3) is 4.96.